The maximum absolute atomic E-state index is 5.90. The second kappa shape index (κ2) is 8.20. The lowest BCUT2D eigenvalue weighted by atomic mass is 10.1. The van der Waals surface area contributed by atoms with Crippen molar-refractivity contribution in [2.24, 2.45) is 0 Å². The zero-order valence-corrected chi connectivity index (χ0v) is 11.6. The summed E-state index contributed by atoms with van der Waals surface area (Å²) in [5.74, 6) is 6.47. The molecule has 1 heteroatoms. The molecule has 0 aliphatic rings. The molecule has 0 aromatic heterocycles. The SMILES string of the molecule is CCCCCCCC#Cc1ccc(Cl)cc1C. The summed E-state index contributed by atoms with van der Waals surface area (Å²) in [5, 5.41) is 0.785. The molecule has 17 heavy (non-hydrogen) atoms. The Balaban J connectivity index is 2.33. The van der Waals surface area contributed by atoms with Gasteiger partial charge in [0.25, 0.3) is 0 Å². The summed E-state index contributed by atoms with van der Waals surface area (Å²) in [6.07, 6.45) is 7.53. The predicted molar refractivity (Wildman–Crippen MR) is 76.4 cm³/mol. The Morgan fingerprint density at radius 3 is 2.59 bits per heavy atom. The van der Waals surface area contributed by atoms with Crippen molar-refractivity contribution in [2.75, 3.05) is 0 Å². The van der Waals surface area contributed by atoms with Crippen LogP contribution in [0.2, 0.25) is 5.02 Å². The van der Waals surface area contributed by atoms with Crippen LogP contribution in [0.25, 0.3) is 0 Å². The molecule has 92 valence electrons. The van der Waals surface area contributed by atoms with Gasteiger partial charge in [0.2, 0.25) is 0 Å². The quantitative estimate of drug-likeness (QED) is 0.486. The molecule has 0 saturated heterocycles. The second-order valence-corrected chi connectivity index (χ2v) is 4.86. The van der Waals surface area contributed by atoms with E-state index in [1.54, 1.807) is 0 Å². The van der Waals surface area contributed by atoms with Crippen molar-refractivity contribution >= 4 is 11.6 Å². The number of hydrogen-bond acceptors (Lipinski definition) is 0. The number of benzene rings is 1. The standard InChI is InChI=1S/C16H21Cl/c1-3-4-5-6-7-8-9-10-15-11-12-16(17)13-14(15)2/h11-13H,3-8H2,1-2H3. The topological polar surface area (TPSA) is 0 Å². The van der Waals surface area contributed by atoms with Gasteiger partial charge in [-0.25, -0.2) is 0 Å². The van der Waals surface area contributed by atoms with Crippen LogP contribution in [0, 0.1) is 18.8 Å². The summed E-state index contributed by atoms with van der Waals surface area (Å²) in [6.45, 7) is 4.29. The lowest BCUT2D eigenvalue weighted by molar-refractivity contribution is 0.641. The van der Waals surface area contributed by atoms with E-state index in [0.29, 0.717) is 0 Å². The Hall–Kier alpha value is -0.930. The molecule has 0 saturated carbocycles. The van der Waals surface area contributed by atoms with Crippen molar-refractivity contribution in [3.05, 3.63) is 34.3 Å². The first-order valence-electron chi connectivity index (χ1n) is 6.49. The number of halogens is 1. The minimum Gasteiger partial charge on any atom is -0.0979 e. The average Bonchev–Trinajstić information content (AvgIpc) is 2.30. The predicted octanol–water partition coefficient (Wildman–Crippen LogP) is 5.36. The summed E-state index contributed by atoms with van der Waals surface area (Å²) in [6, 6.07) is 5.87. The first kappa shape index (κ1) is 14.1. The van der Waals surface area contributed by atoms with Crippen LogP contribution < -0.4 is 0 Å². The minimum absolute atomic E-state index is 0.785. The van der Waals surface area contributed by atoms with Crippen molar-refractivity contribution in [3.8, 4) is 11.8 Å². The molecule has 0 unspecified atom stereocenters. The van der Waals surface area contributed by atoms with E-state index in [-0.39, 0.29) is 0 Å². The van der Waals surface area contributed by atoms with Gasteiger partial charge in [-0.2, -0.15) is 0 Å². The smallest absolute Gasteiger partial charge is 0.0409 e. The van der Waals surface area contributed by atoms with Crippen LogP contribution in [-0.2, 0) is 0 Å². The van der Waals surface area contributed by atoms with Gasteiger partial charge in [-0.3, -0.25) is 0 Å². The van der Waals surface area contributed by atoms with Gasteiger partial charge in [-0.1, -0.05) is 56.0 Å². The van der Waals surface area contributed by atoms with Gasteiger partial charge in [-0.05, 0) is 37.1 Å². The van der Waals surface area contributed by atoms with E-state index in [2.05, 4.69) is 25.7 Å². The molecule has 0 fully saturated rings. The first-order chi connectivity index (χ1) is 8.24. The van der Waals surface area contributed by atoms with Gasteiger partial charge in [0.05, 0.1) is 0 Å². The molecule has 0 N–H and O–H groups in total. The fraction of sp³-hybridized carbons (Fsp3) is 0.500. The largest absolute Gasteiger partial charge is 0.0979 e. The van der Waals surface area contributed by atoms with Gasteiger partial charge >= 0.3 is 0 Å². The Bertz CT molecular complexity index is 396. The molecular formula is C16H21Cl. The number of aryl methyl sites for hydroxylation is 1. The Labute approximate surface area is 110 Å². The molecule has 0 spiro atoms. The molecule has 0 radical (unpaired) electrons. The molecule has 0 amide bonds. The molecule has 0 heterocycles. The molecule has 0 aliphatic carbocycles. The van der Waals surface area contributed by atoms with Crippen LogP contribution in [0.5, 0.6) is 0 Å². The van der Waals surface area contributed by atoms with Crippen molar-refractivity contribution < 1.29 is 0 Å². The molecule has 1 aromatic carbocycles. The lowest BCUT2D eigenvalue weighted by Gasteiger charge is -1.98. The lowest BCUT2D eigenvalue weighted by Crippen LogP contribution is -1.81. The Kier molecular flexibility index (Phi) is 6.82. The fourth-order valence-electron chi connectivity index (χ4n) is 1.74. The van der Waals surface area contributed by atoms with Gasteiger partial charge in [0, 0.05) is 17.0 Å². The van der Waals surface area contributed by atoms with Gasteiger partial charge in [0.15, 0.2) is 0 Å². The Morgan fingerprint density at radius 2 is 1.88 bits per heavy atom. The highest BCUT2D eigenvalue weighted by atomic mass is 35.5. The van der Waals surface area contributed by atoms with E-state index in [1.165, 1.54) is 32.1 Å². The average molecular weight is 249 g/mol. The van der Waals surface area contributed by atoms with Crippen LogP contribution in [0.15, 0.2) is 18.2 Å². The molecule has 0 bridgehead atoms. The number of unbranched alkanes of at least 4 members (excludes halogenated alkanes) is 5. The zero-order valence-electron chi connectivity index (χ0n) is 10.9. The van der Waals surface area contributed by atoms with Crippen molar-refractivity contribution in [3.63, 3.8) is 0 Å². The number of rotatable bonds is 5. The first-order valence-corrected chi connectivity index (χ1v) is 6.87. The van der Waals surface area contributed by atoms with Gasteiger partial charge in [0.1, 0.15) is 0 Å². The molecule has 1 aromatic rings. The number of hydrogen-bond donors (Lipinski definition) is 0. The van der Waals surface area contributed by atoms with E-state index in [0.717, 1.165) is 22.6 Å². The molecule has 0 atom stereocenters. The summed E-state index contributed by atoms with van der Waals surface area (Å²) in [4.78, 5) is 0. The van der Waals surface area contributed by atoms with E-state index >= 15 is 0 Å². The normalized spacial score (nSPS) is 9.82. The summed E-state index contributed by atoms with van der Waals surface area (Å²) >= 11 is 5.90. The third kappa shape index (κ3) is 5.80. The molecular weight excluding hydrogens is 228 g/mol. The van der Waals surface area contributed by atoms with Crippen LogP contribution in [0.3, 0.4) is 0 Å². The van der Waals surface area contributed by atoms with Crippen molar-refractivity contribution in [1.82, 2.24) is 0 Å². The van der Waals surface area contributed by atoms with E-state index in [1.807, 2.05) is 18.2 Å². The van der Waals surface area contributed by atoms with Crippen molar-refractivity contribution in [2.45, 2.75) is 52.4 Å². The Morgan fingerprint density at radius 1 is 1.12 bits per heavy atom. The van der Waals surface area contributed by atoms with E-state index in [4.69, 9.17) is 11.6 Å². The highest BCUT2D eigenvalue weighted by molar-refractivity contribution is 6.30. The second-order valence-electron chi connectivity index (χ2n) is 4.43. The maximum Gasteiger partial charge on any atom is 0.0409 e. The van der Waals surface area contributed by atoms with Crippen LogP contribution in [0.4, 0.5) is 0 Å². The monoisotopic (exact) mass is 248 g/mol. The summed E-state index contributed by atoms with van der Waals surface area (Å²) < 4.78 is 0. The fourth-order valence-corrected chi connectivity index (χ4v) is 1.97. The van der Waals surface area contributed by atoms with Crippen molar-refractivity contribution in [1.29, 1.82) is 0 Å². The molecule has 0 aliphatic heterocycles. The minimum atomic E-state index is 0.785. The van der Waals surface area contributed by atoms with Crippen LogP contribution >= 0.6 is 11.6 Å². The molecule has 0 nitrogen and oxygen atoms in total. The van der Waals surface area contributed by atoms with Gasteiger partial charge < -0.3 is 0 Å². The zero-order chi connectivity index (χ0) is 12.5. The highest BCUT2D eigenvalue weighted by Gasteiger charge is 1.94. The maximum atomic E-state index is 5.90. The third-order valence-corrected chi connectivity index (χ3v) is 3.05. The van der Waals surface area contributed by atoms with Crippen LogP contribution in [-0.4, -0.2) is 0 Å². The van der Waals surface area contributed by atoms with Gasteiger partial charge in [-0.15, -0.1) is 0 Å². The highest BCUT2D eigenvalue weighted by Crippen LogP contribution is 2.14. The summed E-state index contributed by atoms with van der Waals surface area (Å²) in [7, 11) is 0. The van der Waals surface area contributed by atoms with E-state index < -0.39 is 0 Å². The van der Waals surface area contributed by atoms with E-state index in [9.17, 15) is 0 Å². The molecule has 1 rings (SSSR count). The van der Waals surface area contributed by atoms with Crippen LogP contribution in [0.1, 0.15) is 56.6 Å². The third-order valence-electron chi connectivity index (χ3n) is 2.82. The summed E-state index contributed by atoms with van der Waals surface area (Å²) in [5.41, 5.74) is 2.26.